The van der Waals surface area contributed by atoms with Gasteiger partial charge in [-0.05, 0) is 42.0 Å². The second-order valence-electron chi connectivity index (χ2n) is 5.94. The van der Waals surface area contributed by atoms with Gasteiger partial charge in [-0.1, -0.05) is 12.1 Å². The number of carbonyl (C=O) groups excluding carboxylic acids is 3. The van der Waals surface area contributed by atoms with Gasteiger partial charge in [-0.2, -0.15) is 0 Å². The molecule has 142 valence electrons. The van der Waals surface area contributed by atoms with E-state index in [1.54, 1.807) is 69.7 Å². The lowest BCUT2D eigenvalue weighted by atomic mass is 10.1. The number of benzene rings is 2. The van der Waals surface area contributed by atoms with Gasteiger partial charge in [0.15, 0.2) is 0 Å². The van der Waals surface area contributed by atoms with E-state index in [0.717, 1.165) is 5.56 Å². The van der Waals surface area contributed by atoms with E-state index in [1.807, 2.05) is 0 Å². The van der Waals surface area contributed by atoms with Crippen molar-refractivity contribution >= 4 is 17.7 Å². The molecule has 0 atom stereocenters. The Labute approximate surface area is 158 Å². The van der Waals surface area contributed by atoms with Crippen LogP contribution in [-0.4, -0.2) is 50.4 Å². The molecule has 7 heteroatoms. The van der Waals surface area contributed by atoms with Gasteiger partial charge in [-0.3, -0.25) is 14.4 Å². The average Bonchev–Trinajstić information content (AvgIpc) is 2.71. The highest BCUT2D eigenvalue weighted by Crippen LogP contribution is 2.11. The number of likely N-dealkylation sites (N-methyl/N-ethyl adjacent to an activating group) is 1. The first-order valence-corrected chi connectivity index (χ1v) is 8.42. The minimum atomic E-state index is -0.325. The highest BCUT2D eigenvalue weighted by molar-refractivity contribution is 5.96. The lowest BCUT2D eigenvalue weighted by Gasteiger charge is -2.18. The van der Waals surface area contributed by atoms with E-state index in [2.05, 4.69) is 10.6 Å². The van der Waals surface area contributed by atoms with Crippen molar-refractivity contribution < 1.29 is 19.1 Å². The molecule has 27 heavy (non-hydrogen) atoms. The van der Waals surface area contributed by atoms with Crippen LogP contribution < -0.4 is 15.4 Å². The van der Waals surface area contributed by atoms with Gasteiger partial charge in [0.05, 0.1) is 13.7 Å². The Hall–Kier alpha value is -3.35. The molecule has 0 fully saturated rings. The molecule has 0 radical (unpaired) electrons. The van der Waals surface area contributed by atoms with E-state index in [4.69, 9.17) is 4.74 Å². The molecule has 0 spiro atoms. The average molecular weight is 369 g/mol. The first kappa shape index (κ1) is 20.0. The summed E-state index contributed by atoms with van der Waals surface area (Å²) < 4.78 is 5.05. The molecule has 0 bridgehead atoms. The fourth-order valence-electron chi connectivity index (χ4n) is 2.40. The molecule has 0 aliphatic rings. The van der Waals surface area contributed by atoms with E-state index in [9.17, 15) is 14.4 Å². The Morgan fingerprint density at radius 3 is 2.04 bits per heavy atom. The van der Waals surface area contributed by atoms with Crippen LogP contribution >= 0.6 is 0 Å². The number of nitrogens with zero attached hydrogens (tertiary/aromatic N) is 1. The van der Waals surface area contributed by atoms with E-state index in [0.29, 0.717) is 23.4 Å². The Morgan fingerprint density at radius 1 is 0.926 bits per heavy atom. The maximum absolute atomic E-state index is 12.2. The van der Waals surface area contributed by atoms with Crippen molar-refractivity contribution in [2.45, 2.75) is 6.54 Å². The molecular weight excluding hydrogens is 346 g/mol. The molecule has 2 aromatic rings. The van der Waals surface area contributed by atoms with E-state index < -0.39 is 0 Å². The molecular formula is C20H23N3O4. The van der Waals surface area contributed by atoms with E-state index in [-0.39, 0.29) is 24.3 Å². The summed E-state index contributed by atoms with van der Waals surface area (Å²) >= 11 is 0. The quantitative estimate of drug-likeness (QED) is 0.773. The molecule has 0 saturated carbocycles. The summed E-state index contributed by atoms with van der Waals surface area (Å²) in [7, 11) is 4.78. The SMILES string of the molecule is CNC(=O)c1ccc(CN(C)C(=O)CNC(=O)c2ccc(OC)cc2)cc1. The van der Waals surface area contributed by atoms with Crippen LogP contribution in [0.2, 0.25) is 0 Å². The predicted octanol–water partition coefficient (Wildman–Crippen LogP) is 1.44. The Kier molecular flexibility index (Phi) is 6.93. The van der Waals surface area contributed by atoms with Crippen molar-refractivity contribution in [3.63, 3.8) is 0 Å². The molecule has 0 heterocycles. The summed E-state index contributed by atoms with van der Waals surface area (Å²) in [6.07, 6.45) is 0. The third kappa shape index (κ3) is 5.57. The molecule has 3 amide bonds. The van der Waals surface area contributed by atoms with Gasteiger partial charge in [0, 0.05) is 31.8 Å². The van der Waals surface area contributed by atoms with Crippen LogP contribution in [0.5, 0.6) is 5.75 Å². The second-order valence-corrected chi connectivity index (χ2v) is 5.94. The minimum absolute atomic E-state index is 0.0995. The number of carbonyl (C=O) groups is 3. The van der Waals surface area contributed by atoms with Gasteiger partial charge in [-0.25, -0.2) is 0 Å². The van der Waals surface area contributed by atoms with Crippen molar-refractivity contribution in [2.75, 3.05) is 27.7 Å². The number of amides is 3. The molecule has 0 aliphatic carbocycles. The smallest absolute Gasteiger partial charge is 0.251 e. The molecule has 7 nitrogen and oxygen atoms in total. The van der Waals surface area contributed by atoms with Crippen LogP contribution in [0.25, 0.3) is 0 Å². The van der Waals surface area contributed by atoms with Crippen molar-refractivity contribution in [2.24, 2.45) is 0 Å². The molecule has 2 N–H and O–H groups in total. The molecule has 2 rings (SSSR count). The lowest BCUT2D eigenvalue weighted by molar-refractivity contribution is -0.129. The van der Waals surface area contributed by atoms with Crippen molar-refractivity contribution in [1.29, 1.82) is 0 Å². The third-order valence-electron chi connectivity index (χ3n) is 4.04. The van der Waals surface area contributed by atoms with Crippen LogP contribution in [0.1, 0.15) is 26.3 Å². The zero-order valence-electron chi connectivity index (χ0n) is 15.6. The number of nitrogens with one attached hydrogen (secondary N) is 2. The molecule has 0 aromatic heterocycles. The molecule has 0 saturated heterocycles. The number of hydrogen-bond donors (Lipinski definition) is 2. The highest BCUT2D eigenvalue weighted by atomic mass is 16.5. The summed E-state index contributed by atoms with van der Waals surface area (Å²) in [5.41, 5.74) is 1.90. The molecule has 2 aromatic carbocycles. The zero-order chi connectivity index (χ0) is 19.8. The number of rotatable bonds is 7. The zero-order valence-corrected chi connectivity index (χ0v) is 15.6. The molecule has 0 aliphatic heterocycles. The second kappa shape index (κ2) is 9.38. The Balaban J connectivity index is 1.85. The van der Waals surface area contributed by atoms with Crippen LogP contribution in [0.3, 0.4) is 0 Å². The van der Waals surface area contributed by atoms with Gasteiger partial charge in [-0.15, -0.1) is 0 Å². The van der Waals surface area contributed by atoms with Crippen LogP contribution in [0.15, 0.2) is 48.5 Å². The Bertz CT molecular complexity index is 801. The fourth-order valence-corrected chi connectivity index (χ4v) is 2.40. The highest BCUT2D eigenvalue weighted by Gasteiger charge is 2.12. The van der Waals surface area contributed by atoms with Gasteiger partial charge in [0.25, 0.3) is 11.8 Å². The summed E-state index contributed by atoms with van der Waals surface area (Å²) in [5.74, 6) is -0.0430. The summed E-state index contributed by atoms with van der Waals surface area (Å²) in [5, 5.41) is 5.17. The standard InChI is InChI=1S/C20H23N3O4/c1-21-19(25)15-6-4-14(5-7-15)13-23(2)18(24)12-22-20(26)16-8-10-17(27-3)11-9-16/h4-11H,12-13H2,1-3H3,(H,21,25)(H,22,26). The third-order valence-corrected chi connectivity index (χ3v) is 4.04. The first-order valence-electron chi connectivity index (χ1n) is 8.42. The number of ether oxygens (including phenoxy) is 1. The summed E-state index contributed by atoms with van der Waals surface area (Å²) in [6, 6.07) is 13.6. The molecule has 0 unspecified atom stereocenters. The maximum atomic E-state index is 12.2. The topological polar surface area (TPSA) is 87.7 Å². The minimum Gasteiger partial charge on any atom is -0.497 e. The summed E-state index contributed by atoms with van der Waals surface area (Å²) in [4.78, 5) is 37.4. The van der Waals surface area contributed by atoms with Crippen LogP contribution in [0.4, 0.5) is 0 Å². The number of methoxy groups -OCH3 is 1. The van der Waals surface area contributed by atoms with Gasteiger partial charge in [0.2, 0.25) is 5.91 Å². The van der Waals surface area contributed by atoms with E-state index in [1.165, 1.54) is 4.90 Å². The first-order chi connectivity index (χ1) is 12.9. The van der Waals surface area contributed by atoms with E-state index >= 15 is 0 Å². The summed E-state index contributed by atoms with van der Waals surface area (Å²) in [6.45, 7) is 0.281. The lowest BCUT2D eigenvalue weighted by Crippen LogP contribution is -2.37. The maximum Gasteiger partial charge on any atom is 0.251 e. The fraction of sp³-hybridized carbons (Fsp3) is 0.250. The van der Waals surface area contributed by atoms with Crippen molar-refractivity contribution in [3.05, 3.63) is 65.2 Å². The predicted molar refractivity (Wildman–Crippen MR) is 102 cm³/mol. The van der Waals surface area contributed by atoms with Gasteiger partial charge >= 0.3 is 0 Å². The normalized spacial score (nSPS) is 10.0. The monoisotopic (exact) mass is 369 g/mol. The Morgan fingerprint density at radius 2 is 1.48 bits per heavy atom. The van der Waals surface area contributed by atoms with Crippen LogP contribution in [-0.2, 0) is 11.3 Å². The largest absolute Gasteiger partial charge is 0.497 e. The van der Waals surface area contributed by atoms with Crippen LogP contribution in [0, 0.1) is 0 Å². The van der Waals surface area contributed by atoms with Gasteiger partial charge in [0.1, 0.15) is 5.75 Å². The van der Waals surface area contributed by atoms with Crippen molar-refractivity contribution in [3.8, 4) is 5.75 Å². The van der Waals surface area contributed by atoms with Gasteiger partial charge < -0.3 is 20.3 Å². The van der Waals surface area contributed by atoms with Crippen molar-refractivity contribution in [1.82, 2.24) is 15.5 Å². The number of hydrogen-bond acceptors (Lipinski definition) is 4.